The summed E-state index contributed by atoms with van der Waals surface area (Å²) in [6.45, 7) is 1.49. The molecular weight excluding hydrogens is 346 g/mol. The Morgan fingerprint density at radius 3 is 2.56 bits per heavy atom. The van der Waals surface area contributed by atoms with E-state index in [9.17, 15) is 9.59 Å². The number of benzene rings is 1. The van der Waals surface area contributed by atoms with Crippen LogP contribution in [0.2, 0.25) is 0 Å². The van der Waals surface area contributed by atoms with Crippen LogP contribution < -0.4 is 31.9 Å². The molecule has 0 saturated carbocycles. The van der Waals surface area contributed by atoms with E-state index < -0.39 is 5.97 Å². The van der Waals surface area contributed by atoms with E-state index >= 15 is 0 Å². The van der Waals surface area contributed by atoms with Gasteiger partial charge in [-0.3, -0.25) is 9.59 Å². The van der Waals surface area contributed by atoms with Gasteiger partial charge < -0.3 is 21.9 Å². The van der Waals surface area contributed by atoms with Crippen LogP contribution in [0.3, 0.4) is 0 Å². The second-order valence-corrected chi connectivity index (χ2v) is 4.84. The maximum atomic E-state index is 11.8. The minimum atomic E-state index is -0.430. The van der Waals surface area contributed by atoms with E-state index in [0.29, 0.717) is 17.1 Å². The van der Waals surface area contributed by atoms with Crippen molar-refractivity contribution in [1.29, 1.82) is 0 Å². The van der Waals surface area contributed by atoms with Gasteiger partial charge in [-0.25, -0.2) is 5.43 Å². The number of halogens is 1. The maximum Gasteiger partial charge on any atom is 0.308 e. The molecule has 2 rings (SSSR count). The van der Waals surface area contributed by atoms with Crippen molar-refractivity contribution in [2.75, 3.05) is 7.11 Å². The number of hydrogen-bond acceptors (Lipinski definition) is 5. The van der Waals surface area contributed by atoms with Crippen molar-refractivity contribution < 1.29 is 36.0 Å². The predicted octanol–water partition coefficient (Wildman–Crippen LogP) is -1.94. The zero-order chi connectivity index (χ0) is 17.4. The third-order valence-electron chi connectivity index (χ3n) is 2.95. The molecule has 0 atom stereocenters. The summed E-state index contributed by atoms with van der Waals surface area (Å²) in [5.41, 5.74) is 3.14. The van der Waals surface area contributed by atoms with E-state index in [1.807, 2.05) is 18.2 Å². The standard InChI is InChI=1S/C17H17N3O4.ClH/c1-13(21)24-15-7-6-14(10-16(15)23-2)11-18-19-17(22)12-20-8-4-3-5-9-20;/h3-11H,12H2,1-2H3;1H/b18-11+;. The monoisotopic (exact) mass is 363 g/mol. The van der Waals surface area contributed by atoms with Crippen LogP contribution in [0.1, 0.15) is 12.5 Å². The van der Waals surface area contributed by atoms with E-state index in [-0.39, 0.29) is 24.9 Å². The lowest BCUT2D eigenvalue weighted by Crippen LogP contribution is -3.00. The minimum Gasteiger partial charge on any atom is -1.00 e. The Morgan fingerprint density at radius 1 is 1.20 bits per heavy atom. The summed E-state index contributed by atoms with van der Waals surface area (Å²) in [7, 11) is 1.47. The number of ether oxygens (including phenoxy) is 2. The van der Waals surface area contributed by atoms with Gasteiger partial charge in [-0.15, -0.1) is 0 Å². The average molecular weight is 364 g/mol. The molecule has 7 nitrogen and oxygen atoms in total. The quantitative estimate of drug-likeness (QED) is 0.213. The molecule has 1 N–H and O–H groups in total. The number of hydrogen-bond donors (Lipinski definition) is 1. The fraction of sp³-hybridized carbons (Fsp3) is 0.176. The molecule has 0 fully saturated rings. The molecule has 132 valence electrons. The Balaban J connectivity index is 0.00000312. The highest BCUT2D eigenvalue weighted by Crippen LogP contribution is 2.27. The molecule has 1 heterocycles. The van der Waals surface area contributed by atoms with Crippen molar-refractivity contribution in [3.8, 4) is 11.5 Å². The number of nitrogens with one attached hydrogen (secondary N) is 1. The summed E-state index contributed by atoms with van der Waals surface area (Å²) < 4.78 is 11.9. The number of pyridine rings is 1. The number of nitrogens with zero attached hydrogens (tertiary/aromatic N) is 2. The van der Waals surface area contributed by atoms with Gasteiger partial charge in [0.05, 0.1) is 13.3 Å². The Labute approximate surface area is 151 Å². The van der Waals surface area contributed by atoms with Crippen molar-refractivity contribution in [1.82, 2.24) is 5.43 Å². The number of carbonyl (C=O) groups excluding carboxylic acids is 2. The lowest BCUT2D eigenvalue weighted by molar-refractivity contribution is -0.684. The fourth-order valence-corrected chi connectivity index (χ4v) is 1.92. The Morgan fingerprint density at radius 2 is 1.92 bits per heavy atom. The molecule has 0 aliphatic heterocycles. The van der Waals surface area contributed by atoms with Crippen LogP contribution in [0.25, 0.3) is 0 Å². The first kappa shape index (κ1) is 20.1. The number of carbonyl (C=O) groups is 2. The molecule has 1 amide bonds. The minimum absolute atomic E-state index is 0. The highest BCUT2D eigenvalue weighted by atomic mass is 35.5. The molecular formula is C17H18ClN3O4. The van der Waals surface area contributed by atoms with E-state index in [1.165, 1.54) is 20.2 Å². The second-order valence-electron chi connectivity index (χ2n) is 4.84. The topological polar surface area (TPSA) is 80.9 Å². The third-order valence-corrected chi connectivity index (χ3v) is 2.95. The molecule has 0 aliphatic rings. The normalized spacial score (nSPS) is 10.0. The number of rotatable bonds is 6. The van der Waals surface area contributed by atoms with E-state index in [1.54, 1.807) is 35.2 Å². The van der Waals surface area contributed by atoms with E-state index in [0.717, 1.165) is 0 Å². The highest BCUT2D eigenvalue weighted by Gasteiger charge is 2.08. The molecule has 0 saturated heterocycles. The largest absolute Gasteiger partial charge is 1.00 e. The summed E-state index contributed by atoms with van der Waals surface area (Å²) in [6.07, 6.45) is 5.07. The lowest BCUT2D eigenvalue weighted by atomic mass is 10.2. The third kappa shape index (κ3) is 6.60. The fourth-order valence-electron chi connectivity index (χ4n) is 1.92. The second kappa shape index (κ2) is 10.0. The smallest absolute Gasteiger partial charge is 0.308 e. The molecule has 0 unspecified atom stereocenters. The van der Waals surface area contributed by atoms with Crippen molar-refractivity contribution >= 4 is 18.1 Å². The molecule has 2 aromatic rings. The molecule has 1 aromatic heterocycles. The molecule has 0 bridgehead atoms. The van der Waals surface area contributed by atoms with Gasteiger partial charge in [-0.2, -0.15) is 9.67 Å². The first-order valence-electron chi connectivity index (χ1n) is 7.21. The van der Waals surface area contributed by atoms with Crippen LogP contribution in [0.15, 0.2) is 53.9 Å². The lowest BCUT2D eigenvalue weighted by Gasteiger charge is -2.08. The average Bonchev–Trinajstić information content (AvgIpc) is 2.56. The van der Waals surface area contributed by atoms with Crippen LogP contribution in [0, 0.1) is 0 Å². The van der Waals surface area contributed by atoms with Gasteiger partial charge in [-0.05, 0) is 23.8 Å². The van der Waals surface area contributed by atoms with Crippen molar-refractivity contribution in [2.45, 2.75) is 13.5 Å². The first-order chi connectivity index (χ1) is 11.6. The SMILES string of the molecule is COc1cc(/C=N/NC(=O)C[n+]2ccccc2)ccc1OC(C)=O.[Cl-]. The first-order valence-corrected chi connectivity index (χ1v) is 7.21. The molecule has 0 aliphatic carbocycles. The maximum absolute atomic E-state index is 11.8. The molecule has 1 aromatic carbocycles. The van der Waals surface area contributed by atoms with Gasteiger partial charge in [-0.1, -0.05) is 6.07 Å². The highest BCUT2D eigenvalue weighted by molar-refractivity contribution is 5.83. The molecule has 8 heteroatoms. The van der Waals surface area contributed by atoms with Crippen LogP contribution in [-0.2, 0) is 16.1 Å². The van der Waals surface area contributed by atoms with Crippen molar-refractivity contribution in [3.05, 3.63) is 54.4 Å². The number of amides is 1. The van der Waals surface area contributed by atoms with E-state index in [4.69, 9.17) is 9.47 Å². The van der Waals surface area contributed by atoms with Crippen LogP contribution in [-0.4, -0.2) is 25.2 Å². The number of esters is 1. The Bertz CT molecular complexity index is 751. The van der Waals surface area contributed by atoms with Crippen molar-refractivity contribution in [3.63, 3.8) is 0 Å². The van der Waals surface area contributed by atoms with Gasteiger partial charge in [0.2, 0.25) is 6.54 Å². The van der Waals surface area contributed by atoms with Gasteiger partial charge in [0.1, 0.15) is 0 Å². The van der Waals surface area contributed by atoms with Crippen LogP contribution >= 0.6 is 0 Å². The van der Waals surface area contributed by atoms with Gasteiger partial charge in [0.25, 0.3) is 0 Å². The zero-order valence-corrected chi connectivity index (χ0v) is 14.6. The summed E-state index contributed by atoms with van der Waals surface area (Å²) in [5.74, 6) is 0.0540. The van der Waals surface area contributed by atoms with Gasteiger partial charge >= 0.3 is 11.9 Å². The van der Waals surface area contributed by atoms with Gasteiger partial charge in [0, 0.05) is 19.1 Å². The van der Waals surface area contributed by atoms with Crippen LogP contribution in [0.5, 0.6) is 11.5 Å². The Kier molecular flexibility index (Phi) is 8.08. The number of hydrazone groups is 1. The molecule has 0 spiro atoms. The molecule has 25 heavy (non-hydrogen) atoms. The van der Waals surface area contributed by atoms with Gasteiger partial charge in [0.15, 0.2) is 23.9 Å². The summed E-state index contributed by atoms with van der Waals surface area (Å²) in [6, 6.07) is 10.5. The zero-order valence-electron chi connectivity index (χ0n) is 13.8. The number of aromatic nitrogens is 1. The summed E-state index contributed by atoms with van der Waals surface area (Å²) >= 11 is 0. The summed E-state index contributed by atoms with van der Waals surface area (Å²) in [5, 5.41) is 3.90. The van der Waals surface area contributed by atoms with E-state index in [2.05, 4.69) is 10.5 Å². The van der Waals surface area contributed by atoms with Crippen molar-refractivity contribution in [2.24, 2.45) is 5.10 Å². The van der Waals surface area contributed by atoms with Crippen LogP contribution in [0.4, 0.5) is 0 Å². The summed E-state index contributed by atoms with van der Waals surface area (Å²) in [4.78, 5) is 22.8. The predicted molar refractivity (Wildman–Crippen MR) is 86.7 cm³/mol. The molecule has 0 radical (unpaired) electrons. The number of methoxy groups -OCH3 is 1. The Hall–Kier alpha value is -2.93.